The molecule has 0 aliphatic carbocycles. The highest BCUT2D eigenvalue weighted by atomic mass is 35.5. The fraction of sp³-hybridized carbons (Fsp3) is 0.650. The van der Waals surface area contributed by atoms with Crippen LogP contribution in [0, 0.1) is 0 Å². The van der Waals surface area contributed by atoms with Crippen molar-refractivity contribution in [3.63, 3.8) is 0 Å². The van der Waals surface area contributed by atoms with Crippen molar-refractivity contribution in [3.05, 3.63) is 29.3 Å². The Morgan fingerprint density at radius 1 is 1.22 bits per heavy atom. The maximum Gasteiger partial charge on any atom is 0.275 e. The van der Waals surface area contributed by atoms with Crippen LogP contribution in [-0.4, -0.2) is 77.0 Å². The molecule has 0 aromatic heterocycles. The average molecular weight is 397 g/mol. The van der Waals surface area contributed by atoms with Gasteiger partial charge in [-0.2, -0.15) is 0 Å². The summed E-state index contributed by atoms with van der Waals surface area (Å²) >= 11 is 6.10. The lowest BCUT2D eigenvalue weighted by molar-refractivity contribution is -0.954. The third-order valence-corrected chi connectivity index (χ3v) is 6.07. The number of nitrogens with zero attached hydrogens (tertiary/aromatic N) is 1. The molecule has 3 N–H and O–H groups in total. The van der Waals surface area contributed by atoms with Crippen LogP contribution in [0.25, 0.3) is 0 Å². The SMILES string of the molecule is CC(C)(CNC(=O)C[NH+]1CCN(c2cccc(Cl)c2)CC1)[NH+]1CCOCC1. The number of ether oxygens (including phenoxy) is 1. The quantitative estimate of drug-likeness (QED) is 0.569. The van der Waals surface area contributed by atoms with Crippen LogP contribution in [0.1, 0.15) is 13.8 Å². The van der Waals surface area contributed by atoms with E-state index in [0.29, 0.717) is 13.1 Å². The van der Waals surface area contributed by atoms with E-state index in [2.05, 4.69) is 30.1 Å². The van der Waals surface area contributed by atoms with Crippen LogP contribution >= 0.6 is 11.6 Å². The zero-order valence-corrected chi connectivity index (χ0v) is 17.3. The van der Waals surface area contributed by atoms with Gasteiger partial charge in [0.05, 0.1) is 45.9 Å². The topological polar surface area (TPSA) is 50.5 Å². The molecule has 2 heterocycles. The summed E-state index contributed by atoms with van der Waals surface area (Å²) in [5.74, 6) is 0.155. The maximum atomic E-state index is 12.4. The van der Waals surface area contributed by atoms with Crippen molar-refractivity contribution in [1.82, 2.24) is 5.32 Å². The molecule has 6 nitrogen and oxygen atoms in total. The van der Waals surface area contributed by atoms with E-state index in [-0.39, 0.29) is 11.4 Å². The predicted molar refractivity (Wildman–Crippen MR) is 108 cm³/mol. The zero-order chi connectivity index (χ0) is 19.3. The van der Waals surface area contributed by atoms with E-state index in [1.165, 1.54) is 15.5 Å². The molecule has 0 radical (unpaired) electrons. The Morgan fingerprint density at radius 3 is 2.59 bits per heavy atom. The minimum absolute atomic E-state index is 0.0417. The molecule has 2 saturated heterocycles. The third kappa shape index (κ3) is 5.82. The maximum absolute atomic E-state index is 12.4. The molecule has 150 valence electrons. The lowest BCUT2D eigenvalue weighted by Gasteiger charge is -2.38. The van der Waals surface area contributed by atoms with Gasteiger partial charge in [-0.05, 0) is 32.0 Å². The molecule has 27 heavy (non-hydrogen) atoms. The number of hydrogen-bond acceptors (Lipinski definition) is 3. The van der Waals surface area contributed by atoms with Crippen molar-refractivity contribution in [3.8, 4) is 0 Å². The van der Waals surface area contributed by atoms with Gasteiger partial charge >= 0.3 is 0 Å². The highest BCUT2D eigenvalue weighted by molar-refractivity contribution is 6.30. The highest BCUT2D eigenvalue weighted by Gasteiger charge is 2.33. The van der Waals surface area contributed by atoms with Crippen LogP contribution in [0.5, 0.6) is 0 Å². The van der Waals surface area contributed by atoms with E-state index >= 15 is 0 Å². The molecule has 2 fully saturated rings. The summed E-state index contributed by atoms with van der Waals surface area (Å²) in [6.07, 6.45) is 0. The molecule has 1 amide bonds. The minimum Gasteiger partial charge on any atom is -0.370 e. The first kappa shape index (κ1) is 20.4. The molecule has 0 atom stereocenters. The van der Waals surface area contributed by atoms with Gasteiger partial charge in [-0.3, -0.25) is 4.79 Å². The second-order valence-electron chi connectivity index (χ2n) is 8.27. The van der Waals surface area contributed by atoms with Gasteiger partial charge in [0.15, 0.2) is 6.54 Å². The van der Waals surface area contributed by atoms with Crippen LogP contribution in [0.2, 0.25) is 5.02 Å². The van der Waals surface area contributed by atoms with Gasteiger partial charge in [-0.15, -0.1) is 0 Å². The number of piperazine rings is 1. The van der Waals surface area contributed by atoms with Crippen molar-refractivity contribution in [2.75, 3.05) is 70.5 Å². The lowest BCUT2D eigenvalue weighted by Crippen LogP contribution is -3.22. The second kappa shape index (κ2) is 9.24. The number of nitrogens with one attached hydrogen (secondary N) is 3. The molecule has 7 heteroatoms. The summed E-state index contributed by atoms with van der Waals surface area (Å²) < 4.78 is 5.45. The first-order chi connectivity index (χ1) is 12.9. The second-order valence-corrected chi connectivity index (χ2v) is 8.71. The van der Waals surface area contributed by atoms with Crippen LogP contribution in [0.3, 0.4) is 0 Å². The molecule has 1 aromatic rings. The first-order valence-corrected chi connectivity index (χ1v) is 10.4. The van der Waals surface area contributed by atoms with E-state index in [1.54, 1.807) is 0 Å². The van der Waals surface area contributed by atoms with Gasteiger partial charge in [0.25, 0.3) is 5.91 Å². The van der Waals surface area contributed by atoms with Crippen molar-refractivity contribution in [2.24, 2.45) is 0 Å². The third-order valence-electron chi connectivity index (χ3n) is 5.84. The Morgan fingerprint density at radius 2 is 1.93 bits per heavy atom. The number of amides is 1. The minimum atomic E-state index is 0.0417. The summed E-state index contributed by atoms with van der Waals surface area (Å²) in [5, 5.41) is 3.94. The number of benzene rings is 1. The van der Waals surface area contributed by atoms with E-state index < -0.39 is 0 Å². The molecule has 2 aliphatic heterocycles. The Kier molecular flexibility index (Phi) is 6.98. The van der Waals surface area contributed by atoms with E-state index in [1.807, 2.05) is 18.2 Å². The molecular formula is C20H33ClN4O2+2. The number of hydrogen-bond donors (Lipinski definition) is 3. The Hall–Kier alpha value is -1.34. The van der Waals surface area contributed by atoms with Gasteiger partial charge in [-0.25, -0.2) is 0 Å². The zero-order valence-electron chi connectivity index (χ0n) is 16.5. The standard InChI is InChI=1S/C20H31ClN4O2/c1-20(2,25-10-12-27-13-11-25)16-22-19(26)15-23-6-8-24(9-7-23)18-5-3-4-17(21)14-18/h3-5,14H,6-13,15-16H2,1-2H3,(H,22,26)/p+2. The molecular weight excluding hydrogens is 364 g/mol. The van der Waals surface area contributed by atoms with Gasteiger partial charge in [0.1, 0.15) is 18.6 Å². The largest absolute Gasteiger partial charge is 0.370 e. The van der Waals surface area contributed by atoms with Crippen molar-refractivity contribution < 1.29 is 19.3 Å². The number of carbonyl (C=O) groups excluding carboxylic acids is 1. The molecule has 0 saturated carbocycles. The molecule has 0 unspecified atom stereocenters. The number of carbonyl (C=O) groups is 1. The lowest BCUT2D eigenvalue weighted by atomic mass is 10.0. The van der Waals surface area contributed by atoms with Gasteiger partial charge in [0.2, 0.25) is 0 Å². The Balaban J connectivity index is 1.40. The smallest absolute Gasteiger partial charge is 0.275 e. The number of morpholine rings is 1. The molecule has 0 spiro atoms. The molecule has 2 aliphatic rings. The van der Waals surface area contributed by atoms with Crippen molar-refractivity contribution >= 4 is 23.2 Å². The van der Waals surface area contributed by atoms with E-state index in [0.717, 1.165) is 57.5 Å². The Bertz CT molecular complexity index is 626. The molecule has 0 bridgehead atoms. The molecule has 3 rings (SSSR count). The van der Waals surface area contributed by atoms with Crippen molar-refractivity contribution in [1.29, 1.82) is 0 Å². The van der Waals surface area contributed by atoms with Crippen LogP contribution in [0.4, 0.5) is 5.69 Å². The number of rotatable bonds is 6. The fourth-order valence-corrected chi connectivity index (χ4v) is 4.14. The highest BCUT2D eigenvalue weighted by Crippen LogP contribution is 2.19. The summed E-state index contributed by atoms with van der Waals surface area (Å²) in [6, 6.07) is 7.99. The summed E-state index contributed by atoms with van der Waals surface area (Å²) in [6.45, 7) is 13.2. The normalized spacial score (nSPS) is 19.9. The van der Waals surface area contributed by atoms with Crippen LogP contribution < -0.4 is 20.0 Å². The number of quaternary nitrogens is 2. The van der Waals surface area contributed by atoms with Gasteiger partial charge in [0, 0.05) is 10.7 Å². The summed E-state index contributed by atoms with van der Waals surface area (Å²) in [7, 11) is 0. The van der Waals surface area contributed by atoms with Gasteiger partial charge in [-0.1, -0.05) is 17.7 Å². The van der Waals surface area contributed by atoms with E-state index in [4.69, 9.17) is 16.3 Å². The number of halogens is 1. The Labute approximate surface area is 167 Å². The van der Waals surface area contributed by atoms with Crippen LogP contribution in [0.15, 0.2) is 24.3 Å². The van der Waals surface area contributed by atoms with Crippen molar-refractivity contribution in [2.45, 2.75) is 19.4 Å². The summed E-state index contributed by atoms with van der Waals surface area (Å²) in [4.78, 5) is 17.6. The summed E-state index contributed by atoms with van der Waals surface area (Å²) in [5.41, 5.74) is 1.21. The monoisotopic (exact) mass is 396 g/mol. The van der Waals surface area contributed by atoms with Gasteiger partial charge < -0.3 is 24.8 Å². The average Bonchev–Trinajstić information content (AvgIpc) is 2.68. The predicted octanol–water partition coefficient (Wildman–Crippen LogP) is -1.15. The first-order valence-electron chi connectivity index (χ1n) is 9.98. The fourth-order valence-electron chi connectivity index (χ4n) is 3.96. The van der Waals surface area contributed by atoms with E-state index in [9.17, 15) is 4.79 Å². The molecule has 1 aromatic carbocycles. The van der Waals surface area contributed by atoms with Crippen LogP contribution in [-0.2, 0) is 9.53 Å². The number of anilines is 1.